The Morgan fingerprint density at radius 1 is 1.16 bits per heavy atom. The van der Waals surface area contributed by atoms with E-state index >= 15 is 0 Å². The number of nitro groups is 1. The van der Waals surface area contributed by atoms with Crippen molar-refractivity contribution in [2.45, 2.75) is 50.5 Å². The number of piperidine rings is 1. The maximum Gasteiger partial charge on any atom is 0.271 e. The highest BCUT2D eigenvalue weighted by Gasteiger charge is 2.32. The second kappa shape index (κ2) is 9.57. The van der Waals surface area contributed by atoms with E-state index in [-0.39, 0.29) is 35.6 Å². The minimum Gasteiger partial charge on any atom is -0.353 e. The van der Waals surface area contributed by atoms with Crippen molar-refractivity contribution in [2.24, 2.45) is 0 Å². The SMILES string of the molecule is Cc1cc([N+](=O)[O-])cc(S(=O)(=O)N2CCC(NC(=O)CCc3ccccc3)CC2)c1C. The molecular formula is C22H27N3O5S. The Balaban J connectivity index is 1.60. The van der Waals surface area contributed by atoms with Crippen LogP contribution in [0.4, 0.5) is 5.69 Å². The van der Waals surface area contributed by atoms with Crippen molar-refractivity contribution >= 4 is 21.6 Å². The number of nitrogens with one attached hydrogen (secondary N) is 1. The Bertz CT molecular complexity index is 1060. The zero-order valence-electron chi connectivity index (χ0n) is 17.7. The van der Waals surface area contributed by atoms with Gasteiger partial charge in [-0.05, 0) is 49.8 Å². The summed E-state index contributed by atoms with van der Waals surface area (Å²) in [6.07, 6.45) is 2.05. The Kier molecular flexibility index (Phi) is 7.07. The van der Waals surface area contributed by atoms with E-state index < -0.39 is 14.9 Å². The minimum atomic E-state index is -3.85. The lowest BCUT2D eigenvalue weighted by atomic mass is 10.1. The molecule has 2 aromatic carbocycles. The standard InChI is InChI=1S/C22H27N3O5S/c1-16-14-20(25(27)28)15-21(17(16)2)31(29,30)24-12-10-19(11-13-24)23-22(26)9-8-18-6-4-3-5-7-18/h3-7,14-15,19H,8-13H2,1-2H3,(H,23,26). The van der Waals surface area contributed by atoms with E-state index in [1.54, 1.807) is 13.8 Å². The van der Waals surface area contributed by atoms with Crippen molar-refractivity contribution in [3.8, 4) is 0 Å². The van der Waals surface area contributed by atoms with E-state index in [0.29, 0.717) is 36.8 Å². The maximum atomic E-state index is 13.1. The van der Waals surface area contributed by atoms with Gasteiger partial charge in [0, 0.05) is 37.7 Å². The Labute approximate surface area is 182 Å². The quantitative estimate of drug-likeness (QED) is 0.520. The van der Waals surface area contributed by atoms with Gasteiger partial charge in [0.25, 0.3) is 5.69 Å². The summed E-state index contributed by atoms with van der Waals surface area (Å²) in [5.41, 5.74) is 1.94. The van der Waals surface area contributed by atoms with Gasteiger partial charge in [0.2, 0.25) is 15.9 Å². The lowest BCUT2D eigenvalue weighted by Gasteiger charge is -2.32. The highest BCUT2D eigenvalue weighted by Crippen LogP contribution is 2.29. The summed E-state index contributed by atoms with van der Waals surface area (Å²) in [5.74, 6) is -0.0460. The lowest BCUT2D eigenvalue weighted by Crippen LogP contribution is -2.46. The van der Waals surface area contributed by atoms with Gasteiger partial charge in [0.15, 0.2) is 0 Å². The lowest BCUT2D eigenvalue weighted by molar-refractivity contribution is -0.385. The monoisotopic (exact) mass is 445 g/mol. The number of aryl methyl sites for hydroxylation is 2. The third kappa shape index (κ3) is 5.48. The fraction of sp³-hybridized carbons (Fsp3) is 0.409. The van der Waals surface area contributed by atoms with Crippen molar-refractivity contribution in [1.29, 1.82) is 0 Å². The molecular weight excluding hydrogens is 418 g/mol. The zero-order chi connectivity index (χ0) is 22.6. The number of carbonyl (C=O) groups excluding carboxylic acids is 1. The first kappa shape index (κ1) is 22.9. The summed E-state index contributed by atoms with van der Waals surface area (Å²) in [5, 5.41) is 14.2. The number of sulfonamides is 1. The van der Waals surface area contributed by atoms with Crippen LogP contribution in [0.15, 0.2) is 47.4 Å². The van der Waals surface area contributed by atoms with Crippen molar-refractivity contribution in [1.82, 2.24) is 9.62 Å². The molecule has 0 bridgehead atoms. The van der Waals surface area contributed by atoms with Crippen LogP contribution in [-0.2, 0) is 21.2 Å². The number of nitrogens with zero attached hydrogens (tertiary/aromatic N) is 2. The largest absolute Gasteiger partial charge is 0.353 e. The van der Waals surface area contributed by atoms with Gasteiger partial charge in [-0.25, -0.2) is 8.42 Å². The van der Waals surface area contributed by atoms with E-state index in [1.165, 1.54) is 10.4 Å². The van der Waals surface area contributed by atoms with Gasteiger partial charge in [-0.2, -0.15) is 4.31 Å². The molecule has 3 rings (SSSR count). The highest BCUT2D eigenvalue weighted by atomic mass is 32.2. The van der Waals surface area contributed by atoms with Crippen LogP contribution in [0.2, 0.25) is 0 Å². The molecule has 1 aliphatic heterocycles. The van der Waals surface area contributed by atoms with Crippen molar-refractivity contribution < 1.29 is 18.1 Å². The van der Waals surface area contributed by atoms with Crippen molar-refractivity contribution in [3.63, 3.8) is 0 Å². The number of rotatable bonds is 7. The van der Waals surface area contributed by atoms with Crippen LogP contribution >= 0.6 is 0 Å². The molecule has 8 nitrogen and oxygen atoms in total. The normalized spacial score (nSPS) is 15.5. The summed E-state index contributed by atoms with van der Waals surface area (Å²) in [6.45, 7) is 3.84. The van der Waals surface area contributed by atoms with Gasteiger partial charge in [-0.3, -0.25) is 14.9 Å². The van der Waals surface area contributed by atoms with Gasteiger partial charge < -0.3 is 5.32 Å². The molecule has 1 N–H and O–H groups in total. The van der Waals surface area contributed by atoms with Crippen LogP contribution < -0.4 is 5.32 Å². The van der Waals surface area contributed by atoms with Gasteiger partial charge in [-0.15, -0.1) is 0 Å². The van der Waals surface area contributed by atoms with E-state index in [9.17, 15) is 23.3 Å². The number of amides is 1. The minimum absolute atomic E-state index is 0.0236. The molecule has 1 heterocycles. The summed E-state index contributed by atoms with van der Waals surface area (Å²) < 4.78 is 27.6. The molecule has 166 valence electrons. The molecule has 2 aromatic rings. The summed E-state index contributed by atoms with van der Waals surface area (Å²) >= 11 is 0. The fourth-order valence-corrected chi connectivity index (χ4v) is 5.55. The molecule has 0 spiro atoms. The topological polar surface area (TPSA) is 110 Å². The van der Waals surface area contributed by atoms with Gasteiger partial charge >= 0.3 is 0 Å². The van der Waals surface area contributed by atoms with Crippen LogP contribution in [0, 0.1) is 24.0 Å². The van der Waals surface area contributed by atoms with Crippen LogP contribution in [0.3, 0.4) is 0 Å². The van der Waals surface area contributed by atoms with Gasteiger partial charge in [0.1, 0.15) is 0 Å². The van der Waals surface area contributed by atoms with Gasteiger partial charge in [-0.1, -0.05) is 30.3 Å². The second-order valence-corrected chi connectivity index (χ2v) is 9.78. The number of non-ortho nitro benzene ring substituents is 1. The fourth-order valence-electron chi connectivity index (χ4n) is 3.76. The Morgan fingerprint density at radius 3 is 2.42 bits per heavy atom. The van der Waals surface area contributed by atoms with E-state index in [4.69, 9.17) is 0 Å². The zero-order valence-corrected chi connectivity index (χ0v) is 18.5. The van der Waals surface area contributed by atoms with Crippen LogP contribution in [0.5, 0.6) is 0 Å². The smallest absolute Gasteiger partial charge is 0.271 e. The molecule has 1 amide bonds. The van der Waals surface area contributed by atoms with Crippen molar-refractivity contribution in [2.75, 3.05) is 13.1 Å². The number of hydrogen-bond donors (Lipinski definition) is 1. The highest BCUT2D eigenvalue weighted by molar-refractivity contribution is 7.89. The molecule has 0 aliphatic carbocycles. The average Bonchev–Trinajstić information content (AvgIpc) is 2.75. The number of hydrogen-bond acceptors (Lipinski definition) is 5. The second-order valence-electron chi connectivity index (χ2n) is 7.87. The first-order valence-corrected chi connectivity index (χ1v) is 11.7. The van der Waals surface area contributed by atoms with E-state index in [0.717, 1.165) is 11.6 Å². The number of nitro benzene ring substituents is 1. The Hall–Kier alpha value is -2.78. The summed E-state index contributed by atoms with van der Waals surface area (Å²) in [4.78, 5) is 22.8. The molecule has 0 radical (unpaired) electrons. The first-order valence-electron chi connectivity index (χ1n) is 10.3. The Morgan fingerprint density at radius 2 is 1.81 bits per heavy atom. The van der Waals surface area contributed by atoms with Gasteiger partial charge in [0.05, 0.1) is 9.82 Å². The van der Waals surface area contributed by atoms with Crippen molar-refractivity contribution in [3.05, 3.63) is 69.3 Å². The third-order valence-electron chi connectivity index (χ3n) is 5.74. The van der Waals surface area contributed by atoms with E-state index in [2.05, 4.69) is 5.32 Å². The molecule has 1 saturated heterocycles. The number of carbonyl (C=O) groups is 1. The predicted octanol–water partition coefficient (Wildman–Crippen LogP) is 3.11. The predicted molar refractivity (Wildman–Crippen MR) is 117 cm³/mol. The molecule has 0 atom stereocenters. The molecule has 0 aromatic heterocycles. The molecule has 31 heavy (non-hydrogen) atoms. The average molecular weight is 446 g/mol. The maximum absolute atomic E-state index is 13.1. The first-order chi connectivity index (χ1) is 14.7. The van der Waals surface area contributed by atoms with Crippen LogP contribution in [0.25, 0.3) is 0 Å². The third-order valence-corrected chi connectivity index (χ3v) is 7.76. The number of benzene rings is 2. The molecule has 1 aliphatic rings. The van der Waals surface area contributed by atoms with E-state index in [1.807, 2.05) is 30.3 Å². The molecule has 0 saturated carbocycles. The molecule has 0 unspecified atom stereocenters. The summed E-state index contributed by atoms with van der Waals surface area (Å²) in [6, 6.07) is 12.2. The summed E-state index contributed by atoms with van der Waals surface area (Å²) in [7, 11) is -3.85. The van der Waals surface area contributed by atoms with Crippen LogP contribution in [-0.4, -0.2) is 42.7 Å². The molecule has 9 heteroatoms. The molecule has 1 fully saturated rings. The van der Waals surface area contributed by atoms with Crippen LogP contribution in [0.1, 0.15) is 36.0 Å².